The molecule has 5 nitrogen and oxygen atoms in total. The van der Waals surface area contributed by atoms with E-state index in [4.69, 9.17) is 14.5 Å². The Labute approximate surface area is 170 Å². The van der Waals surface area contributed by atoms with Crippen LogP contribution in [0.15, 0.2) is 78.9 Å². The van der Waals surface area contributed by atoms with Crippen LogP contribution in [0, 0.1) is 6.92 Å². The van der Waals surface area contributed by atoms with Crippen LogP contribution in [0.1, 0.15) is 11.4 Å². The average Bonchev–Trinajstić information content (AvgIpc) is 3.10. The molecule has 4 rings (SSSR count). The molecule has 0 saturated heterocycles. The first-order chi connectivity index (χ1) is 14.2. The third-order valence-electron chi connectivity index (χ3n) is 4.76. The first-order valence-corrected chi connectivity index (χ1v) is 9.69. The van der Waals surface area contributed by atoms with E-state index in [1.54, 1.807) is 0 Å². The number of hydrogen-bond acceptors (Lipinski definition) is 4. The summed E-state index contributed by atoms with van der Waals surface area (Å²) in [4.78, 5) is 4.70. The highest BCUT2D eigenvalue weighted by Crippen LogP contribution is 2.20. The van der Waals surface area contributed by atoms with Crippen LogP contribution in [-0.4, -0.2) is 27.4 Å². The van der Waals surface area contributed by atoms with E-state index in [1.807, 2.05) is 90.4 Å². The van der Waals surface area contributed by atoms with Gasteiger partial charge in [0.2, 0.25) is 0 Å². The molecule has 0 unspecified atom stereocenters. The van der Waals surface area contributed by atoms with Crippen LogP contribution in [0.4, 0.5) is 0 Å². The summed E-state index contributed by atoms with van der Waals surface area (Å²) in [5.74, 6) is 2.34. The number of aliphatic hydroxyl groups excluding tert-OH is 1. The lowest BCUT2D eigenvalue weighted by atomic mass is 10.2. The number of aliphatic hydroxyl groups is 1. The minimum atomic E-state index is -0.678. The number of benzene rings is 3. The smallest absolute Gasteiger partial charge is 0.148 e. The number of ether oxygens (including phenoxy) is 2. The predicted molar refractivity (Wildman–Crippen MR) is 113 cm³/mol. The fourth-order valence-corrected chi connectivity index (χ4v) is 3.27. The summed E-state index contributed by atoms with van der Waals surface area (Å²) in [6, 6.07) is 25.3. The zero-order valence-electron chi connectivity index (χ0n) is 16.4. The average molecular weight is 388 g/mol. The molecular weight excluding hydrogens is 364 g/mol. The second-order valence-corrected chi connectivity index (χ2v) is 6.96. The second kappa shape index (κ2) is 8.80. The van der Waals surface area contributed by atoms with Crippen LogP contribution in [0.25, 0.3) is 11.0 Å². The molecule has 5 heteroatoms. The largest absolute Gasteiger partial charge is 0.491 e. The molecule has 1 atom stereocenters. The molecule has 0 bridgehead atoms. The van der Waals surface area contributed by atoms with Crippen molar-refractivity contribution in [1.82, 2.24) is 9.55 Å². The highest BCUT2D eigenvalue weighted by molar-refractivity contribution is 5.75. The molecule has 1 aromatic heterocycles. The quantitative estimate of drug-likeness (QED) is 0.487. The molecule has 29 heavy (non-hydrogen) atoms. The first kappa shape index (κ1) is 19.0. The predicted octanol–water partition coefficient (Wildman–Crippen LogP) is 4.36. The van der Waals surface area contributed by atoms with E-state index in [1.165, 1.54) is 0 Å². The van der Waals surface area contributed by atoms with E-state index < -0.39 is 6.10 Å². The van der Waals surface area contributed by atoms with Crippen LogP contribution in [0.3, 0.4) is 0 Å². The normalized spacial score (nSPS) is 12.1. The molecule has 3 aromatic carbocycles. The zero-order chi connectivity index (χ0) is 20.1. The SMILES string of the molecule is Cc1ccccc1OC[C@@H](O)Cn1c(COc2ccccc2)nc2ccccc21. The highest BCUT2D eigenvalue weighted by Gasteiger charge is 2.15. The number of nitrogens with zero attached hydrogens (tertiary/aromatic N) is 2. The summed E-state index contributed by atoms with van der Waals surface area (Å²) >= 11 is 0. The van der Waals surface area contributed by atoms with Crippen LogP contribution in [0.5, 0.6) is 11.5 Å². The lowest BCUT2D eigenvalue weighted by Gasteiger charge is -2.16. The van der Waals surface area contributed by atoms with E-state index in [0.717, 1.165) is 33.9 Å². The fraction of sp³-hybridized carbons (Fsp3) is 0.208. The monoisotopic (exact) mass is 388 g/mol. The van der Waals surface area contributed by atoms with Gasteiger partial charge in [-0.05, 0) is 42.8 Å². The van der Waals surface area contributed by atoms with Gasteiger partial charge in [0.1, 0.15) is 36.6 Å². The maximum absolute atomic E-state index is 10.6. The van der Waals surface area contributed by atoms with Gasteiger partial charge in [0.05, 0.1) is 17.6 Å². The Kier molecular flexibility index (Phi) is 5.77. The van der Waals surface area contributed by atoms with Crippen molar-refractivity contribution in [2.24, 2.45) is 0 Å². The third kappa shape index (κ3) is 4.58. The van der Waals surface area contributed by atoms with Crippen LogP contribution >= 0.6 is 0 Å². The second-order valence-electron chi connectivity index (χ2n) is 6.96. The van der Waals surface area contributed by atoms with E-state index in [2.05, 4.69) is 0 Å². The number of aryl methyl sites for hydroxylation is 1. The number of imidazole rings is 1. The van der Waals surface area contributed by atoms with E-state index >= 15 is 0 Å². The molecule has 0 amide bonds. The molecule has 0 aliphatic carbocycles. The van der Waals surface area contributed by atoms with Crippen molar-refractivity contribution in [3.63, 3.8) is 0 Å². The molecule has 1 heterocycles. The van der Waals surface area contributed by atoms with Crippen molar-refractivity contribution >= 4 is 11.0 Å². The molecule has 4 aromatic rings. The van der Waals surface area contributed by atoms with Gasteiger partial charge in [-0.3, -0.25) is 0 Å². The van der Waals surface area contributed by atoms with Crippen molar-refractivity contribution in [3.8, 4) is 11.5 Å². The molecule has 0 aliphatic heterocycles. The maximum Gasteiger partial charge on any atom is 0.148 e. The summed E-state index contributed by atoms with van der Waals surface area (Å²) in [5, 5.41) is 10.6. The number of para-hydroxylation sites is 4. The van der Waals surface area contributed by atoms with E-state index in [-0.39, 0.29) is 6.61 Å². The summed E-state index contributed by atoms with van der Waals surface area (Å²) in [5.41, 5.74) is 2.89. The summed E-state index contributed by atoms with van der Waals surface area (Å²) in [6.45, 7) is 2.89. The van der Waals surface area contributed by atoms with Gasteiger partial charge in [-0.15, -0.1) is 0 Å². The molecular formula is C24H24N2O3. The topological polar surface area (TPSA) is 56.5 Å². The molecule has 148 valence electrons. The van der Waals surface area contributed by atoms with Crippen LogP contribution < -0.4 is 9.47 Å². The van der Waals surface area contributed by atoms with Gasteiger partial charge in [-0.2, -0.15) is 0 Å². The number of hydrogen-bond donors (Lipinski definition) is 1. The Bertz CT molecular complexity index is 1080. The third-order valence-corrected chi connectivity index (χ3v) is 4.76. The van der Waals surface area contributed by atoms with Gasteiger partial charge in [0, 0.05) is 0 Å². The molecule has 0 fully saturated rings. The van der Waals surface area contributed by atoms with Gasteiger partial charge >= 0.3 is 0 Å². The first-order valence-electron chi connectivity index (χ1n) is 9.69. The Morgan fingerprint density at radius 1 is 0.897 bits per heavy atom. The molecule has 0 saturated carbocycles. The van der Waals surface area contributed by atoms with Crippen LogP contribution in [-0.2, 0) is 13.2 Å². The van der Waals surface area contributed by atoms with Crippen molar-refractivity contribution in [2.75, 3.05) is 6.61 Å². The Hall–Kier alpha value is -3.31. The zero-order valence-corrected chi connectivity index (χ0v) is 16.4. The molecule has 1 N–H and O–H groups in total. The van der Waals surface area contributed by atoms with E-state index in [0.29, 0.717) is 13.2 Å². The van der Waals surface area contributed by atoms with Crippen molar-refractivity contribution in [3.05, 3.63) is 90.3 Å². The van der Waals surface area contributed by atoms with Crippen molar-refractivity contribution in [1.29, 1.82) is 0 Å². The number of fused-ring (bicyclic) bond motifs is 1. The van der Waals surface area contributed by atoms with Gasteiger partial charge in [-0.25, -0.2) is 4.98 Å². The van der Waals surface area contributed by atoms with Gasteiger partial charge < -0.3 is 19.1 Å². The fourth-order valence-electron chi connectivity index (χ4n) is 3.27. The van der Waals surface area contributed by atoms with Gasteiger partial charge in [-0.1, -0.05) is 48.5 Å². The minimum Gasteiger partial charge on any atom is -0.491 e. The Morgan fingerprint density at radius 2 is 1.62 bits per heavy atom. The molecule has 0 spiro atoms. The molecule has 0 aliphatic rings. The van der Waals surface area contributed by atoms with Crippen molar-refractivity contribution in [2.45, 2.75) is 26.2 Å². The summed E-state index contributed by atoms with van der Waals surface area (Å²) in [6.07, 6.45) is -0.678. The summed E-state index contributed by atoms with van der Waals surface area (Å²) < 4.78 is 13.7. The van der Waals surface area contributed by atoms with E-state index in [9.17, 15) is 5.11 Å². The Morgan fingerprint density at radius 3 is 2.45 bits per heavy atom. The minimum absolute atomic E-state index is 0.205. The standard InChI is InChI=1S/C24H24N2O3/c1-18-9-5-8-14-23(18)29-16-19(27)15-26-22-13-7-6-12-21(22)25-24(26)17-28-20-10-3-2-4-11-20/h2-14,19,27H,15-17H2,1H3/t19-/m0/s1. The number of aromatic nitrogens is 2. The highest BCUT2D eigenvalue weighted by atomic mass is 16.5. The van der Waals surface area contributed by atoms with Gasteiger partial charge in [0.15, 0.2) is 0 Å². The maximum atomic E-state index is 10.6. The lowest BCUT2D eigenvalue weighted by molar-refractivity contribution is 0.0914. The lowest BCUT2D eigenvalue weighted by Crippen LogP contribution is -2.25. The van der Waals surface area contributed by atoms with Gasteiger partial charge in [0.25, 0.3) is 0 Å². The number of rotatable bonds is 8. The summed E-state index contributed by atoms with van der Waals surface area (Å²) in [7, 11) is 0. The van der Waals surface area contributed by atoms with Crippen LogP contribution in [0.2, 0.25) is 0 Å². The molecule has 0 radical (unpaired) electrons. The Balaban J connectivity index is 1.49. The van der Waals surface area contributed by atoms with Crippen molar-refractivity contribution < 1.29 is 14.6 Å².